The number of nitrogens with one attached hydrogen (secondary N) is 2. The van der Waals surface area contributed by atoms with Gasteiger partial charge in [0, 0.05) is 27.4 Å². The molecular weight excluding hydrogens is 513 g/mol. The molecule has 37 heavy (non-hydrogen) atoms. The van der Waals surface area contributed by atoms with E-state index in [1.807, 2.05) is 54.6 Å². The topological polar surface area (TPSA) is 88.4 Å². The molecule has 0 fully saturated rings. The van der Waals surface area contributed by atoms with Gasteiger partial charge in [-0.25, -0.2) is 14.5 Å². The van der Waals surface area contributed by atoms with Crippen LogP contribution in [-0.4, -0.2) is 34.4 Å². The van der Waals surface area contributed by atoms with Crippen LogP contribution in [0.25, 0.3) is 27.0 Å². The number of hydrogen-bond donors (Lipinski definition) is 2. The van der Waals surface area contributed by atoms with Gasteiger partial charge in [-0.3, -0.25) is 9.59 Å². The molecule has 7 nitrogen and oxygen atoms in total. The van der Waals surface area contributed by atoms with Gasteiger partial charge >= 0.3 is 0 Å². The Bertz CT molecular complexity index is 1610. The number of hydrogen-bond acceptors (Lipinski definition) is 5. The lowest BCUT2D eigenvalue weighted by atomic mass is 10.1. The fourth-order valence-corrected chi connectivity index (χ4v) is 5.07. The Labute approximate surface area is 220 Å². The molecule has 5 aromatic rings. The van der Waals surface area contributed by atoms with Crippen LogP contribution in [0.1, 0.15) is 15.2 Å². The van der Waals surface area contributed by atoms with Gasteiger partial charge < -0.3 is 5.32 Å². The van der Waals surface area contributed by atoms with Crippen LogP contribution < -0.4 is 10.7 Å². The molecule has 2 heterocycles. The molecule has 2 amide bonds. The summed E-state index contributed by atoms with van der Waals surface area (Å²) in [6, 6.07) is 22.9. The van der Waals surface area contributed by atoms with E-state index in [1.54, 1.807) is 23.0 Å². The van der Waals surface area contributed by atoms with Gasteiger partial charge in [0.25, 0.3) is 11.8 Å². The Balaban J connectivity index is 1.27. The molecule has 3 aromatic carbocycles. The van der Waals surface area contributed by atoms with Crippen LogP contribution in [0, 0.1) is 5.82 Å². The number of halogens is 2. The molecule has 5 rings (SSSR count). The molecule has 0 bridgehead atoms. The van der Waals surface area contributed by atoms with Crippen LogP contribution >= 0.6 is 22.9 Å². The third kappa shape index (κ3) is 5.42. The van der Waals surface area contributed by atoms with Crippen LogP contribution in [0.2, 0.25) is 5.02 Å². The van der Waals surface area contributed by atoms with E-state index >= 15 is 0 Å². The van der Waals surface area contributed by atoms with E-state index in [9.17, 15) is 14.0 Å². The number of rotatable bonds is 7. The first kappa shape index (κ1) is 24.4. The molecule has 0 saturated heterocycles. The van der Waals surface area contributed by atoms with Crippen LogP contribution in [0.15, 0.2) is 90.2 Å². The van der Waals surface area contributed by atoms with E-state index in [-0.39, 0.29) is 12.4 Å². The average Bonchev–Trinajstić information content (AvgIpc) is 3.50. The quantitative estimate of drug-likeness (QED) is 0.217. The molecule has 2 N–H and O–H groups in total. The Kier molecular flexibility index (Phi) is 7.07. The van der Waals surface area contributed by atoms with Gasteiger partial charge in [-0.15, -0.1) is 11.3 Å². The lowest BCUT2D eigenvalue weighted by Gasteiger charge is -2.03. The first-order valence-electron chi connectivity index (χ1n) is 11.2. The molecule has 0 saturated carbocycles. The largest absolute Gasteiger partial charge is 0.342 e. The SMILES string of the molecule is O=C(CNC(=O)c1sc2ccccc2c1Cl)NN=Cc1cn(-c2ccccc2)nc1-c1ccc(F)cc1. The van der Waals surface area contributed by atoms with Crippen LogP contribution in [0.5, 0.6) is 0 Å². The molecular formula is C27H19ClFN5O2S. The summed E-state index contributed by atoms with van der Waals surface area (Å²) >= 11 is 7.60. The zero-order valence-corrected chi connectivity index (χ0v) is 20.8. The van der Waals surface area contributed by atoms with Crippen molar-refractivity contribution in [1.82, 2.24) is 20.5 Å². The van der Waals surface area contributed by atoms with Crippen molar-refractivity contribution in [2.45, 2.75) is 0 Å². The Morgan fingerprint density at radius 3 is 2.51 bits per heavy atom. The van der Waals surface area contributed by atoms with Crippen LogP contribution in [-0.2, 0) is 4.79 Å². The highest BCUT2D eigenvalue weighted by Crippen LogP contribution is 2.34. The number of amides is 2. The van der Waals surface area contributed by atoms with Crippen molar-refractivity contribution >= 4 is 51.1 Å². The fraction of sp³-hybridized carbons (Fsp3) is 0.0370. The van der Waals surface area contributed by atoms with E-state index < -0.39 is 11.8 Å². The van der Waals surface area contributed by atoms with Crippen LogP contribution in [0.3, 0.4) is 0 Å². The Morgan fingerprint density at radius 2 is 1.76 bits per heavy atom. The standard InChI is InChI=1S/C27H19ClFN5O2S/c28-24-21-8-4-5-9-22(21)37-26(24)27(36)30-15-23(35)32-31-14-18-16-34(20-6-2-1-3-7-20)33-25(18)17-10-12-19(29)13-11-17/h1-14,16H,15H2,(H,30,36)(H,32,35). The summed E-state index contributed by atoms with van der Waals surface area (Å²) in [5.74, 6) is -1.30. The monoisotopic (exact) mass is 531 g/mol. The second kappa shape index (κ2) is 10.7. The van der Waals surface area contributed by atoms with Gasteiger partial charge in [0.05, 0.1) is 23.5 Å². The summed E-state index contributed by atoms with van der Waals surface area (Å²) in [5.41, 5.74) is 5.10. The highest BCUT2D eigenvalue weighted by atomic mass is 35.5. The number of para-hydroxylation sites is 1. The zero-order valence-electron chi connectivity index (χ0n) is 19.2. The highest BCUT2D eigenvalue weighted by Gasteiger charge is 2.17. The summed E-state index contributed by atoms with van der Waals surface area (Å²) < 4.78 is 16.0. The van der Waals surface area contributed by atoms with E-state index in [1.165, 1.54) is 29.7 Å². The second-order valence-corrected chi connectivity index (χ2v) is 9.37. The molecule has 0 unspecified atom stereocenters. The minimum Gasteiger partial charge on any atom is -0.342 e. The number of hydrazone groups is 1. The zero-order chi connectivity index (χ0) is 25.8. The summed E-state index contributed by atoms with van der Waals surface area (Å²) in [5, 5.41) is 12.4. The van der Waals surface area contributed by atoms with Gasteiger partial charge in [-0.05, 0) is 42.5 Å². The predicted molar refractivity (Wildman–Crippen MR) is 144 cm³/mol. The lowest BCUT2D eigenvalue weighted by Crippen LogP contribution is -2.34. The molecule has 0 atom stereocenters. The first-order valence-corrected chi connectivity index (χ1v) is 12.4. The average molecular weight is 532 g/mol. The molecule has 0 spiro atoms. The predicted octanol–water partition coefficient (Wildman–Crippen LogP) is 5.43. The van der Waals surface area contributed by atoms with Crippen molar-refractivity contribution in [3.05, 3.63) is 106 Å². The molecule has 0 aliphatic carbocycles. The number of fused-ring (bicyclic) bond motifs is 1. The summed E-state index contributed by atoms with van der Waals surface area (Å²) in [4.78, 5) is 25.2. The van der Waals surface area contributed by atoms with Crippen molar-refractivity contribution in [3.8, 4) is 16.9 Å². The van der Waals surface area contributed by atoms with Crippen LogP contribution in [0.4, 0.5) is 4.39 Å². The number of nitrogens with zero attached hydrogens (tertiary/aromatic N) is 3. The molecule has 0 aliphatic heterocycles. The van der Waals surface area contributed by atoms with Crippen molar-refractivity contribution in [2.75, 3.05) is 6.54 Å². The number of aromatic nitrogens is 2. The summed E-state index contributed by atoms with van der Waals surface area (Å²) in [6.45, 7) is -0.283. The van der Waals surface area contributed by atoms with Crippen molar-refractivity contribution in [1.29, 1.82) is 0 Å². The first-order chi connectivity index (χ1) is 18.0. The van der Waals surface area contributed by atoms with E-state index in [0.717, 1.165) is 15.8 Å². The van der Waals surface area contributed by atoms with E-state index in [4.69, 9.17) is 11.6 Å². The third-order valence-electron chi connectivity index (χ3n) is 5.42. The molecule has 0 aliphatic rings. The minimum absolute atomic E-state index is 0.283. The Morgan fingerprint density at radius 1 is 1.03 bits per heavy atom. The maximum absolute atomic E-state index is 13.4. The minimum atomic E-state index is -0.513. The molecule has 0 radical (unpaired) electrons. The maximum atomic E-state index is 13.4. The Hall–Kier alpha value is -4.34. The lowest BCUT2D eigenvalue weighted by molar-refractivity contribution is -0.120. The van der Waals surface area contributed by atoms with E-state index in [0.29, 0.717) is 26.7 Å². The smallest absolute Gasteiger partial charge is 0.263 e. The van der Waals surface area contributed by atoms with Crippen molar-refractivity contribution < 1.29 is 14.0 Å². The maximum Gasteiger partial charge on any atom is 0.263 e. The van der Waals surface area contributed by atoms with Gasteiger partial charge in [-0.2, -0.15) is 10.2 Å². The number of benzene rings is 3. The third-order valence-corrected chi connectivity index (χ3v) is 7.10. The summed E-state index contributed by atoms with van der Waals surface area (Å²) in [6.07, 6.45) is 3.21. The second-order valence-electron chi connectivity index (χ2n) is 7.94. The normalized spacial score (nSPS) is 11.2. The van der Waals surface area contributed by atoms with Crippen molar-refractivity contribution in [2.24, 2.45) is 5.10 Å². The van der Waals surface area contributed by atoms with Gasteiger partial charge in [0.15, 0.2) is 0 Å². The van der Waals surface area contributed by atoms with Gasteiger partial charge in [0.2, 0.25) is 0 Å². The van der Waals surface area contributed by atoms with E-state index in [2.05, 4.69) is 20.9 Å². The summed E-state index contributed by atoms with van der Waals surface area (Å²) in [7, 11) is 0. The molecule has 184 valence electrons. The highest BCUT2D eigenvalue weighted by molar-refractivity contribution is 7.21. The van der Waals surface area contributed by atoms with Crippen molar-refractivity contribution in [3.63, 3.8) is 0 Å². The molecule has 2 aromatic heterocycles. The number of thiophene rings is 1. The van der Waals surface area contributed by atoms with Gasteiger partial charge in [0.1, 0.15) is 16.4 Å². The number of carbonyl (C=O) groups excluding carboxylic acids is 2. The molecule has 10 heteroatoms. The fourth-order valence-electron chi connectivity index (χ4n) is 3.64. The van der Waals surface area contributed by atoms with Gasteiger partial charge in [-0.1, -0.05) is 48.0 Å². The number of carbonyl (C=O) groups is 2.